The molecule has 2 rings (SSSR count). The van der Waals surface area contributed by atoms with Crippen LogP contribution in [0.2, 0.25) is 5.15 Å². The van der Waals surface area contributed by atoms with Crippen LogP contribution in [0.3, 0.4) is 0 Å². The Labute approximate surface area is 114 Å². The van der Waals surface area contributed by atoms with Crippen molar-refractivity contribution in [3.8, 4) is 0 Å². The van der Waals surface area contributed by atoms with E-state index in [2.05, 4.69) is 19.7 Å². The van der Waals surface area contributed by atoms with E-state index in [1.54, 1.807) is 6.92 Å². The summed E-state index contributed by atoms with van der Waals surface area (Å²) in [7, 11) is -3.90. The maximum atomic E-state index is 12.1. The highest BCUT2D eigenvalue weighted by molar-refractivity contribution is 7.92. The second kappa shape index (κ2) is 4.98. The topological polar surface area (TPSA) is 111 Å². The fourth-order valence-corrected chi connectivity index (χ4v) is 2.65. The highest BCUT2D eigenvalue weighted by Gasteiger charge is 2.19. The molecule has 19 heavy (non-hydrogen) atoms. The maximum Gasteiger partial charge on any atom is 0.267 e. The van der Waals surface area contributed by atoms with Crippen molar-refractivity contribution in [2.24, 2.45) is 0 Å². The average Bonchev–Trinajstić information content (AvgIpc) is 2.26. The lowest BCUT2D eigenvalue weighted by molar-refractivity contribution is 0.601. The number of nitrogen functional groups attached to an aromatic ring is 1. The third kappa shape index (κ3) is 3.09. The van der Waals surface area contributed by atoms with Gasteiger partial charge in [0.15, 0.2) is 0 Å². The maximum absolute atomic E-state index is 12.1. The number of aryl methyl sites for hydroxylation is 1. The van der Waals surface area contributed by atoms with Crippen molar-refractivity contribution in [1.29, 1.82) is 0 Å². The van der Waals surface area contributed by atoms with Gasteiger partial charge in [-0.3, -0.25) is 0 Å². The molecular weight excluding hydrogens is 290 g/mol. The summed E-state index contributed by atoms with van der Waals surface area (Å²) in [6.07, 6.45) is 1.40. The van der Waals surface area contributed by atoms with E-state index in [4.69, 9.17) is 17.3 Å². The van der Waals surface area contributed by atoms with Crippen molar-refractivity contribution < 1.29 is 8.42 Å². The summed E-state index contributed by atoms with van der Waals surface area (Å²) in [5.41, 5.74) is 6.06. The van der Waals surface area contributed by atoms with E-state index in [1.807, 2.05) is 0 Å². The minimum absolute atomic E-state index is 0.103. The summed E-state index contributed by atoms with van der Waals surface area (Å²) in [4.78, 5) is 11.3. The Morgan fingerprint density at radius 1 is 1.37 bits per heavy atom. The van der Waals surface area contributed by atoms with Gasteiger partial charge in [0.25, 0.3) is 10.0 Å². The Kier molecular flexibility index (Phi) is 3.54. The minimum atomic E-state index is -3.90. The summed E-state index contributed by atoms with van der Waals surface area (Å²) >= 11 is 5.73. The first kappa shape index (κ1) is 13.5. The van der Waals surface area contributed by atoms with Crippen LogP contribution >= 0.6 is 11.6 Å². The molecule has 0 saturated heterocycles. The number of halogens is 1. The summed E-state index contributed by atoms with van der Waals surface area (Å²) in [5.74, 6) is -0.220. The Bertz CT molecular complexity index is 699. The van der Waals surface area contributed by atoms with Gasteiger partial charge >= 0.3 is 0 Å². The molecule has 7 nitrogen and oxygen atoms in total. The van der Waals surface area contributed by atoms with Gasteiger partial charge in [-0.25, -0.2) is 28.1 Å². The molecule has 0 radical (unpaired) electrons. The molecule has 9 heteroatoms. The molecule has 0 saturated carbocycles. The predicted molar refractivity (Wildman–Crippen MR) is 71.2 cm³/mol. The van der Waals surface area contributed by atoms with E-state index in [0.29, 0.717) is 5.69 Å². The lowest BCUT2D eigenvalue weighted by atomic mass is 10.5. The molecule has 100 valence electrons. The molecule has 2 aromatic heterocycles. The van der Waals surface area contributed by atoms with Crippen molar-refractivity contribution in [2.75, 3.05) is 10.5 Å². The van der Waals surface area contributed by atoms with Crippen LogP contribution in [-0.2, 0) is 10.0 Å². The molecular formula is C10H10ClN5O2S. The van der Waals surface area contributed by atoms with E-state index in [1.165, 1.54) is 24.4 Å². The fourth-order valence-electron chi connectivity index (χ4n) is 1.38. The number of pyridine rings is 1. The highest BCUT2D eigenvalue weighted by Crippen LogP contribution is 2.18. The SMILES string of the molecule is Cc1cc(Cl)nc(NS(=O)(=O)c2cccnc2N)n1. The molecule has 0 bridgehead atoms. The quantitative estimate of drug-likeness (QED) is 0.824. The van der Waals surface area contributed by atoms with Crippen molar-refractivity contribution in [1.82, 2.24) is 15.0 Å². The average molecular weight is 300 g/mol. The Morgan fingerprint density at radius 2 is 2.11 bits per heavy atom. The van der Waals surface area contributed by atoms with Gasteiger partial charge in [0.2, 0.25) is 5.95 Å². The first-order valence-corrected chi connectivity index (χ1v) is 6.99. The molecule has 2 heterocycles. The van der Waals surface area contributed by atoms with Gasteiger partial charge < -0.3 is 5.73 Å². The molecule has 0 aliphatic heterocycles. The van der Waals surface area contributed by atoms with Gasteiger partial charge in [-0.15, -0.1) is 0 Å². The number of nitrogens with one attached hydrogen (secondary N) is 1. The van der Waals surface area contributed by atoms with Crippen LogP contribution in [0, 0.1) is 6.92 Å². The van der Waals surface area contributed by atoms with E-state index < -0.39 is 10.0 Å². The normalized spacial score (nSPS) is 11.3. The third-order valence-corrected chi connectivity index (χ3v) is 3.71. The Hall–Kier alpha value is -1.93. The van der Waals surface area contributed by atoms with Crippen LogP contribution in [-0.4, -0.2) is 23.4 Å². The zero-order chi connectivity index (χ0) is 14.0. The molecule has 0 aliphatic rings. The van der Waals surface area contributed by atoms with Crippen LogP contribution in [0.1, 0.15) is 5.69 Å². The molecule has 2 aromatic rings. The van der Waals surface area contributed by atoms with E-state index >= 15 is 0 Å². The van der Waals surface area contributed by atoms with E-state index in [-0.39, 0.29) is 21.8 Å². The molecule has 3 N–H and O–H groups in total. The first-order chi connectivity index (χ1) is 8.88. The molecule has 0 amide bonds. The lowest BCUT2D eigenvalue weighted by Gasteiger charge is -2.08. The van der Waals surface area contributed by atoms with Crippen molar-refractivity contribution in [2.45, 2.75) is 11.8 Å². The van der Waals surface area contributed by atoms with Crippen LogP contribution in [0.5, 0.6) is 0 Å². The number of hydrogen-bond donors (Lipinski definition) is 2. The van der Waals surface area contributed by atoms with Gasteiger partial charge in [0.1, 0.15) is 15.9 Å². The van der Waals surface area contributed by atoms with Crippen molar-refractivity contribution >= 4 is 33.4 Å². The van der Waals surface area contributed by atoms with Crippen LogP contribution in [0.25, 0.3) is 0 Å². The number of hydrogen-bond acceptors (Lipinski definition) is 6. The Morgan fingerprint density at radius 3 is 2.74 bits per heavy atom. The molecule has 0 fully saturated rings. The Balaban J connectivity index is 2.39. The number of nitrogens with two attached hydrogens (primary N) is 1. The zero-order valence-corrected chi connectivity index (χ0v) is 11.4. The summed E-state index contributed by atoms with van der Waals surface area (Å²) in [6, 6.07) is 4.31. The summed E-state index contributed by atoms with van der Waals surface area (Å²) < 4.78 is 26.4. The van der Waals surface area contributed by atoms with Crippen LogP contribution < -0.4 is 10.5 Å². The van der Waals surface area contributed by atoms with Crippen molar-refractivity contribution in [3.63, 3.8) is 0 Å². The third-order valence-electron chi connectivity index (χ3n) is 2.14. The molecule has 0 aliphatic carbocycles. The smallest absolute Gasteiger partial charge is 0.267 e. The number of sulfonamides is 1. The van der Waals surface area contributed by atoms with E-state index in [0.717, 1.165) is 0 Å². The van der Waals surface area contributed by atoms with E-state index in [9.17, 15) is 8.42 Å². The lowest BCUT2D eigenvalue weighted by Crippen LogP contribution is -2.17. The largest absolute Gasteiger partial charge is 0.383 e. The fraction of sp³-hybridized carbons (Fsp3) is 0.100. The number of aromatic nitrogens is 3. The van der Waals surface area contributed by atoms with Crippen LogP contribution in [0.15, 0.2) is 29.3 Å². The molecule has 0 unspecified atom stereocenters. The highest BCUT2D eigenvalue weighted by atomic mass is 35.5. The van der Waals surface area contributed by atoms with Gasteiger partial charge in [0.05, 0.1) is 0 Å². The number of nitrogens with zero attached hydrogens (tertiary/aromatic N) is 3. The zero-order valence-electron chi connectivity index (χ0n) is 9.83. The van der Waals surface area contributed by atoms with Gasteiger partial charge in [0, 0.05) is 11.9 Å². The molecule has 0 spiro atoms. The number of rotatable bonds is 3. The first-order valence-electron chi connectivity index (χ1n) is 5.13. The van der Waals surface area contributed by atoms with Gasteiger partial charge in [-0.1, -0.05) is 11.6 Å². The van der Waals surface area contributed by atoms with Crippen molar-refractivity contribution in [3.05, 3.63) is 35.2 Å². The summed E-state index contributed by atoms with van der Waals surface area (Å²) in [5, 5.41) is 0.143. The van der Waals surface area contributed by atoms with Gasteiger partial charge in [-0.05, 0) is 25.1 Å². The standard InChI is InChI=1S/C10H10ClN5O2S/c1-6-5-8(11)15-10(14-6)16-19(17,18)7-3-2-4-13-9(7)12/h2-5H,1H3,(H2,12,13)(H,14,15,16). The summed E-state index contributed by atoms with van der Waals surface area (Å²) in [6.45, 7) is 1.67. The molecule has 0 atom stereocenters. The second-order valence-corrected chi connectivity index (χ2v) is 5.69. The monoisotopic (exact) mass is 299 g/mol. The second-order valence-electron chi connectivity index (χ2n) is 3.65. The predicted octanol–water partition coefficient (Wildman–Crippen LogP) is 1.22. The minimum Gasteiger partial charge on any atom is -0.383 e. The van der Waals surface area contributed by atoms with Crippen LogP contribution in [0.4, 0.5) is 11.8 Å². The molecule has 0 aromatic carbocycles. The number of anilines is 2. The van der Waals surface area contributed by atoms with Gasteiger partial charge in [-0.2, -0.15) is 0 Å².